The molecule has 27 heavy (non-hydrogen) atoms. The second-order valence-corrected chi connectivity index (χ2v) is 6.57. The molecule has 0 radical (unpaired) electrons. The molecule has 0 saturated heterocycles. The number of fused-ring (bicyclic) bond motifs is 2. The predicted octanol–water partition coefficient (Wildman–Crippen LogP) is 0.982. The Kier molecular flexibility index (Phi) is 4.16. The molecule has 1 atom stereocenters. The smallest absolute Gasteiger partial charge is 0.407 e. The van der Waals surface area contributed by atoms with Gasteiger partial charge in [0, 0.05) is 6.54 Å². The van der Waals surface area contributed by atoms with Crippen molar-refractivity contribution >= 4 is 12.0 Å². The summed E-state index contributed by atoms with van der Waals surface area (Å²) in [6.07, 6.45) is -0.417. The molecular formula is C18H17N5O4. The molecule has 0 spiro atoms. The number of hydrogen-bond donors (Lipinski definition) is 2. The number of benzene rings is 1. The number of amides is 2. The van der Waals surface area contributed by atoms with E-state index in [0.717, 1.165) is 11.3 Å². The molecule has 1 unspecified atom stereocenters. The summed E-state index contributed by atoms with van der Waals surface area (Å²) in [5, 5.41) is 25.3. The molecule has 2 aliphatic rings. The molecule has 0 bridgehead atoms. The zero-order valence-corrected chi connectivity index (χ0v) is 14.4. The summed E-state index contributed by atoms with van der Waals surface area (Å²) in [6.45, 7) is 1.32. The van der Waals surface area contributed by atoms with Crippen molar-refractivity contribution in [2.45, 2.75) is 25.6 Å². The number of ether oxygens (including phenoxy) is 1. The third-order valence-corrected chi connectivity index (χ3v) is 4.73. The van der Waals surface area contributed by atoms with E-state index in [-0.39, 0.29) is 24.2 Å². The lowest BCUT2D eigenvalue weighted by Gasteiger charge is -2.26. The molecule has 9 nitrogen and oxygen atoms in total. The van der Waals surface area contributed by atoms with Crippen LogP contribution in [0.25, 0.3) is 0 Å². The highest BCUT2D eigenvalue weighted by atomic mass is 16.5. The van der Waals surface area contributed by atoms with Crippen molar-refractivity contribution in [3.05, 3.63) is 46.8 Å². The van der Waals surface area contributed by atoms with Gasteiger partial charge in [-0.05, 0) is 36.2 Å². The largest absolute Gasteiger partial charge is 0.491 e. The van der Waals surface area contributed by atoms with Gasteiger partial charge in [-0.25, -0.2) is 4.79 Å². The number of hydrogen-bond acceptors (Lipinski definition) is 5. The predicted molar refractivity (Wildman–Crippen MR) is 92.3 cm³/mol. The second kappa shape index (κ2) is 6.64. The van der Waals surface area contributed by atoms with Gasteiger partial charge >= 0.3 is 6.09 Å². The van der Waals surface area contributed by atoms with Gasteiger partial charge in [0.25, 0.3) is 5.91 Å². The van der Waals surface area contributed by atoms with E-state index >= 15 is 0 Å². The molecule has 2 aromatic rings. The Morgan fingerprint density at radius 3 is 2.96 bits per heavy atom. The van der Waals surface area contributed by atoms with Gasteiger partial charge in [-0.2, -0.15) is 10.4 Å². The average Bonchev–Trinajstić information content (AvgIpc) is 3.10. The molecule has 1 aromatic heterocycles. The van der Waals surface area contributed by atoms with E-state index in [9.17, 15) is 9.59 Å². The molecule has 138 valence electrons. The fraction of sp³-hybridized carbons (Fsp3) is 0.333. The molecule has 2 amide bonds. The lowest BCUT2D eigenvalue weighted by molar-refractivity contribution is 0.0908. The third kappa shape index (κ3) is 3.29. The molecular weight excluding hydrogens is 350 g/mol. The molecule has 2 N–H and O–H groups in total. The van der Waals surface area contributed by atoms with Gasteiger partial charge in [-0.15, -0.1) is 0 Å². The fourth-order valence-electron chi connectivity index (χ4n) is 3.36. The zero-order valence-electron chi connectivity index (χ0n) is 14.4. The van der Waals surface area contributed by atoms with Crippen LogP contribution in [0.4, 0.5) is 4.79 Å². The van der Waals surface area contributed by atoms with Crippen LogP contribution in [0.3, 0.4) is 0 Å². The number of nitriles is 1. The summed E-state index contributed by atoms with van der Waals surface area (Å²) in [4.78, 5) is 24.9. The third-order valence-electron chi connectivity index (χ3n) is 4.73. The Labute approximate surface area is 154 Å². The Morgan fingerprint density at radius 1 is 1.33 bits per heavy atom. The molecule has 0 fully saturated rings. The first-order valence-electron chi connectivity index (χ1n) is 8.55. The van der Waals surface area contributed by atoms with Gasteiger partial charge in [0.05, 0.1) is 36.5 Å². The van der Waals surface area contributed by atoms with Crippen LogP contribution in [-0.4, -0.2) is 51.0 Å². The number of carbonyl (C=O) groups excluding carboxylic acids is 1. The molecule has 4 rings (SSSR count). The van der Waals surface area contributed by atoms with E-state index in [0.29, 0.717) is 37.4 Å². The molecule has 0 saturated carbocycles. The number of aromatic nitrogens is 2. The molecule has 2 aliphatic heterocycles. The normalized spacial score (nSPS) is 17.9. The van der Waals surface area contributed by atoms with Crippen LogP contribution >= 0.6 is 0 Å². The van der Waals surface area contributed by atoms with Gasteiger partial charge in [-0.1, -0.05) is 0 Å². The van der Waals surface area contributed by atoms with Crippen molar-refractivity contribution in [1.29, 1.82) is 5.26 Å². The minimum Gasteiger partial charge on any atom is -0.491 e. The maximum absolute atomic E-state index is 12.6. The molecule has 9 heteroatoms. The SMILES string of the molecule is N#Cc1ccc2c(c1)CC(NC(=O)c1cc3n(n1)CCN(C(=O)O)C3)CO2. The first-order chi connectivity index (χ1) is 13.0. The van der Waals surface area contributed by atoms with Crippen LogP contribution in [0.15, 0.2) is 24.3 Å². The Hall–Kier alpha value is -3.54. The fourth-order valence-corrected chi connectivity index (χ4v) is 3.36. The maximum atomic E-state index is 12.6. The van der Waals surface area contributed by atoms with E-state index in [1.54, 1.807) is 28.9 Å². The van der Waals surface area contributed by atoms with Crippen LogP contribution in [-0.2, 0) is 19.5 Å². The van der Waals surface area contributed by atoms with E-state index < -0.39 is 6.09 Å². The Balaban J connectivity index is 1.44. The quantitative estimate of drug-likeness (QED) is 0.816. The van der Waals surface area contributed by atoms with Gasteiger partial charge in [0.15, 0.2) is 5.69 Å². The lowest BCUT2D eigenvalue weighted by atomic mass is 10.0. The molecule has 3 heterocycles. The Bertz CT molecular complexity index is 961. The van der Waals surface area contributed by atoms with Crippen molar-refractivity contribution in [2.24, 2.45) is 0 Å². The molecule has 0 aliphatic carbocycles. The standard InChI is InChI=1S/C18H17N5O4/c19-8-11-1-2-16-12(5-11)6-13(10-27-16)20-17(24)15-7-14-9-22(18(25)26)3-4-23(14)21-15/h1-2,5,7,13H,3-4,6,9-10H2,(H,20,24)(H,25,26). The summed E-state index contributed by atoms with van der Waals surface area (Å²) in [6, 6.07) is 8.73. The zero-order chi connectivity index (χ0) is 19.0. The van der Waals surface area contributed by atoms with Gasteiger partial charge in [0.1, 0.15) is 12.4 Å². The summed E-state index contributed by atoms with van der Waals surface area (Å²) < 4.78 is 7.34. The van der Waals surface area contributed by atoms with Crippen molar-refractivity contribution in [3.8, 4) is 11.8 Å². The topological polar surface area (TPSA) is 120 Å². The highest BCUT2D eigenvalue weighted by molar-refractivity contribution is 5.92. The van der Waals surface area contributed by atoms with Gasteiger partial charge in [-0.3, -0.25) is 9.48 Å². The minimum atomic E-state index is -0.983. The highest BCUT2D eigenvalue weighted by Crippen LogP contribution is 2.25. The highest BCUT2D eigenvalue weighted by Gasteiger charge is 2.26. The van der Waals surface area contributed by atoms with E-state index in [1.165, 1.54) is 4.90 Å². The monoisotopic (exact) mass is 367 g/mol. The average molecular weight is 367 g/mol. The van der Waals surface area contributed by atoms with Gasteiger partial charge < -0.3 is 20.1 Å². The van der Waals surface area contributed by atoms with Crippen LogP contribution in [0.5, 0.6) is 5.75 Å². The van der Waals surface area contributed by atoms with Crippen molar-refractivity contribution in [2.75, 3.05) is 13.2 Å². The second-order valence-electron chi connectivity index (χ2n) is 6.57. The van der Waals surface area contributed by atoms with E-state index in [4.69, 9.17) is 15.1 Å². The lowest BCUT2D eigenvalue weighted by Crippen LogP contribution is -2.43. The Morgan fingerprint density at radius 2 is 2.19 bits per heavy atom. The van der Waals surface area contributed by atoms with Crippen LogP contribution < -0.4 is 10.1 Å². The van der Waals surface area contributed by atoms with Gasteiger partial charge in [0.2, 0.25) is 0 Å². The number of carbonyl (C=O) groups is 2. The summed E-state index contributed by atoms with van der Waals surface area (Å²) >= 11 is 0. The number of nitrogens with zero attached hydrogens (tertiary/aromatic N) is 4. The first kappa shape index (κ1) is 16.9. The minimum absolute atomic E-state index is 0.215. The van der Waals surface area contributed by atoms with E-state index in [2.05, 4.69) is 16.5 Å². The number of rotatable bonds is 2. The summed E-state index contributed by atoms with van der Waals surface area (Å²) in [5.74, 6) is 0.401. The van der Waals surface area contributed by atoms with Crippen LogP contribution in [0, 0.1) is 11.3 Å². The maximum Gasteiger partial charge on any atom is 0.407 e. The number of carboxylic acid groups (broad SMARTS) is 1. The van der Waals surface area contributed by atoms with Crippen molar-refractivity contribution < 1.29 is 19.4 Å². The van der Waals surface area contributed by atoms with E-state index in [1.807, 2.05) is 0 Å². The van der Waals surface area contributed by atoms with Crippen molar-refractivity contribution in [1.82, 2.24) is 20.0 Å². The van der Waals surface area contributed by atoms with Crippen molar-refractivity contribution in [3.63, 3.8) is 0 Å². The van der Waals surface area contributed by atoms with Crippen LogP contribution in [0.2, 0.25) is 0 Å². The molecule has 1 aromatic carbocycles. The number of nitrogens with one attached hydrogen (secondary N) is 1. The summed E-state index contributed by atoms with van der Waals surface area (Å²) in [7, 11) is 0. The summed E-state index contributed by atoms with van der Waals surface area (Å²) in [5.41, 5.74) is 2.38. The van der Waals surface area contributed by atoms with Crippen LogP contribution in [0.1, 0.15) is 27.3 Å². The first-order valence-corrected chi connectivity index (χ1v) is 8.55.